The molecule has 1 rings (SSSR count). The minimum atomic E-state index is 0.474. The standard InChI is InChI=1S/C10H14ClNO/c1-3-8(2)7-13-10-6-4-5-9(11)12-10/h4-6,8H,3,7H2,1-2H3. The molecule has 1 atom stereocenters. The summed E-state index contributed by atoms with van der Waals surface area (Å²) in [7, 11) is 0. The minimum Gasteiger partial charge on any atom is -0.477 e. The van der Waals surface area contributed by atoms with Crippen LogP contribution < -0.4 is 4.74 Å². The van der Waals surface area contributed by atoms with Crippen LogP contribution in [0.5, 0.6) is 5.88 Å². The molecule has 1 aromatic rings. The van der Waals surface area contributed by atoms with Gasteiger partial charge in [0.1, 0.15) is 5.15 Å². The molecular formula is C10H14ClNO. The molecule has 0 aliphatic rings. The van der Waals surface area contributed by atoms with E-state index in [0.29, 0.717) is 23.6 Å². The van der Waals surface area contributed by atoms with Gasteiger partial charge in [-0.25, -0.2) is 4.98 Å². The molecule has 0 aliphatic carbocycles. The first-order valence-corrected chi connectivity index (χ1v) is 4.85. The third kappa shape index (κ3) is 3.64. The molecule has 0 amide bonds. The molecule has 1 heterocycles. The van der Waals surface area contributed by atoms with Gasteiger partial charge in [-0.15, -0.1) is 0 Å². The Labute approximate surface area is 83.9 Å². The van der Waals surface area contributed by atoms with Crippen molar-refractivity contribution in [3.63, 3.8) is 0 Å². The molecule has 3 heteroatoms. The lowest BCUT2D eigenvalue weighted by atomic mass is 10.1. The Morgan fingerprint density at radius 2 is 2.31 bits per heavy atom. The first kappa shape index (κ1) is 10.3. The zero-order chi connectivity index (χ0) is 9.68. The zero-order valence-corrected chi connectivity index (χ0v) is 8.71. The second-order valence-electron chi connectivity index (χ2n) is 3.12. The van der Waals surface area contributed by atoms with Gasteiger partial charge < -0.3 is 4.74 Å². The molecule has 0 bridgehead atoms. The van der Waals surface area contributed by atoms with E-state index in [4.69, 9.17) is 16.3 Å². The lowest BCUT2D eigenvalue weighted by molar-refractivity contribution is 0.248. The van der Waals surface area contributed by atoms with Crippen molar-refractivity contribution in [3.05, 3.63) is 23.4 Å². The number of hydrogen-bond acceptors (Lipinski definition) is 2. The molecule has 2 nitrogen and oxygen atoms in total. The molecule has 0 saturated heterocycles. The van der Waals surface area contributed by atoms with Crippen LogP contribution in [-0.4, -0.2) is 11.6 Å². The second-order valence-corrected chi connectivity index (χ2v) is 3.51. The van der Waals surface area contributed by atoms with E-state index < -0.39 is 0 Å². The van der Waals surface area contributed by atoms with Crippen LogP contribution in [0.25, 0.3) is 0 Å². The average molecular weight is 200 g/mol. The topological polar surface area (TPSA) is 22.1 Å². The highest BCUT2D eigenvalue weighted by Crippen LogP contribution is 2.12. The van der Waals surface area contributed by atoms with Crippen LogP contribution in [0.15, 0.2) is 18.2 Å². The number of nitrogens with zero attached hydrogens (tertiary/aromatic N) is 1. The van der Waals surface area contributed by atoms with E-state index in [0.717, 1.165) is 6.42 Å². The maximum Gasteiger partial charge on any atom is 0.214 e. The molecule has 1 unspecified atom stereocenters. The fourth-order valence-electron chi connectivity index (χ4n) is 0.816. The highest BCUT2D eigenvalue weighted by molar-refractivity contribution is 6.29. The Balaban J connectivity index is 2.45. The van der Waals surface area contributed by atoms with E-state index in [1.54, 1.807) is 6.07 Å². The van der Waals surface area contributed by atoms with Gasteiger partial charge in [-0.3, -0.25) is 0 Å². The van der Waals surface area contributed by atoms with E-state index in [1.165, 1.54) is 0 Å². The van der Waals surface area contributed by atoms with Crippen molar-refractivity contribution in [2.24, 2.45) is 5.92 Å². The monoisotopic (exact) mass is 199 g/mol. The molecule has 1 aromatic heterocycles. The van der Waals surface area contributed by atoms with E-state index in [-0.39, 0.29) is 0 Å². The molecular weight excluding hydrogens is 186 g/mol. The molecule has 0 fully saturated rings. The fraction of sp³-hybridized carbons (Fsp3) is 0.500. The molecule has 0 saturated carbocycles. The van der Waals surface area contributed by atoms with Gasteiger partial charge in [0, 0.05) is 6.07 Å². The average Bonchev–Trinajstić information content (AvgIpc) is 2.14. The summed E-state index contributed by atoms with van der Waals surface area (Å²) in [5.41, 5.74) is 0. The van der Waals surface area contributed by atoms with Gasteiger partial charge in [0.2, 0.25) is 5.88 Å². The predicted octanol–water partition coefficient (Wildman–Crippen LogP) is 3.16. The molecule has 0 radical (unpaired) electrons. The van der Waals surface area contributed by atoms with E-state index in [9.17, 15) is 0 Å². The van der Waals surface area contributed by atoms with E-state index in [1.807, 2.05) is 12.1 Å². The quantitative estimate of drug-likeness (QED) is 0.695. The van der Waals surface area contributed by atoms with Crippen molar-refractivity contribution in [1.82, 2.24) is 4.98 Å². The van der Waals surface area contributed by atoms with E-state index in [2.05, 4.69) is 18.8 Å². The first-order chi connectivity index (χ1) is 6.22. The summed E-state index contributed by atoms with van der Waals surface area (Å²) in [6, 6.07) is 5.38. The highest BCUT2D eigenvalue weighted by Gasteiger charge is 2.01. The lowest BCUT2D eigenvalue weighted by Crippen LogP contribution is -2.07. The lowest BCUT2D eigenvalue weighted by Gasteiger charge is -2.09. The number of halogens is 1. The normalized spacial score (nSPS) is 12.5. The minimum absolute atomic E-state index is 0.474. The van der Waals surface area contributed by atoms with Crippen LogP contribution >= 0.6 is 11.6 Å². The number of pyridine rings is 1. The molecule has 0 N–H and O–H groups in total. The Morgan fingerprint density at radius 1 is 1.54 bits per heavy atom. The van der Waals surface area contributed by atoms with Gasteiger partial charge in [-0.2, -0.15) is 0 Å². The summed E-state index contributed by atoms with van der Waals surface area (Å²) in [6.07, 6.45) is 1.11. The number of ether oxygens (including phenoxy) is 1. The van der Waals surface area contributed by atoms with Crippen molar-refractivity contribution in [1.29, 1.82) is 0 Å². The summed E-state index contributed by atoms with van der Waals surface area (Å²) in [4.78, 5) is 4.02. The van der Waals surface area contributed by atoms with Crippen LogP contribution in [0.3, 0.4) is 0 Å². The molecule has 0 aromatic carbocycles. The number of hydrogen-bond donors (Lipinski definition) is 0. The molecule has 0 spiro atoms. The predicted molar refractivity (Wildman–Crippen MR) is 54.2 cm³/mol. The van der Waals surface area contributed by atoms with Crippen LogP contribution in [-0.2, 0) is 0 Å². The van der Waals surface area contributed by atoms with E-state index >= 15 is 0 Å². The smallest absolute Gasteiger partial charge is 0.214 e. The van der Waals surface area contributed by atoms with Gasteiger partial charge in [0.25, 0.3) is 0 Å². The van der Waals surface area contributed by atoms with Gasteiger partial charge in [0.05, 0.1) is 6.61 Å². The molecule has 0 aliphatic heterocycles. The van der Waals surface area contributed by atoms with Crippen molar-refractivity contribution in [2.45, 2.75) is 20.3 Å². The Bertz CT molecular complexity index is 265. The Hall–Kier alpha value is -0.760. The largest absolute Gasteiger partial charge is 0.477 e. The van der Waals surface area contributed by atoms with Crippen LogP contribution in [0, 0.1) is 5.92 Å². The molecule has 72 valence electrons. The maximum absolute atomic E-state index is 5.70. The molecule has 13 heavy (non-hydrogen) atoms. The van der Waals surface area contributed by atoms with Crippen molar-refractivity contribution >= 4 is 11.6 Å². The summed E-state index contributed by atoms with van der Waals surface area (Å²) in [5.74, 6) is 1.16. The Morgan fingerprint density at radius 3 is 2.92 bits per heavy atom. The highest BCUT2D eigenvalue weighted by atomic mass is 35.5. The summed E-state index contributed by atoms with van der Waals surface area (Å²) >= 11 is 5.70. The van der Waals surface area contributed by atoms with Gasteiger partial charge in [0.15, 0.2) is 0 Å². The Kier molecular flexibility index (Phi) is 4.03. The first-order valence-electron chi connectivity index (χ1n) is 4.47. The van der Waals surface area contributed by atoms with Gasteiger partial charge in [-0.1, -0.05) is 37.9 Å². The third-order valence-corrected chi connectivity index (χ3v) is 2.11. The SMILES string of the molecule is CCC(C)COc1cccc(Cl)n1. The maximum atomic E-state index is 5.70. The summed E-state index contributed by atoms with van der Waals surface area (Å²) in [6.45, 7) is 4.98. The van der Waals surface area contributed by atoms with Gasteiger partial charge in [-0.05, 0) is 12.0 Å². The number of rotatable bonds is 4. The summed E-state index contributed by atoms with van der Waals surface area (Å²) in [5, 5.41) is 0.474. The second kappa shape index (κ2) is 5.07. The zero-order valence-electron chi connectivity index (χ0n) is 7.96. The fourth-order valence-corrected chi connectivity index (χ4v) is 0.972. The van der Waals surface area contributed by atoms with Crippen molar-refractivity contribution in [2.75, 3.05) is 6.61 Å². The number of aromatic nitrogens is 1. The van der Waals surface area contributed by atoms with Crippen LogP contribution in [0.1, 0.15) is 20.3 Å². The summed E-state index contributed by atoms with van der Waals surface area (Å²) < 4.78 is 5.44. The van der Waals surface area contributed by atoms with Crippen LogP contribution in [0.2, 0.25) is 5.15 Å². The van der Waals surface area contributed by atoms with Crippen molar-refractivity contribution < 1.29 is 4.74 Å². The van der Waals surface area contributed by atoms with Crippen molar-refractivity contribution in [3.8, 4) is 5.88 Å². The van der Waals surface area contributed by atoms with Gasteiger partial charge >= 0.3 is 0 Å². The third-order valence-electron chi connectivity index (χ3n) is 1.90. The van der Waals surface area contributed by atoms with Crippen LogP contribution in [0.4, 0.5) is 0 Å².